The van der Waals surface area contributed by atoms with Crippen LogP contribution in [0.5, 0.6) is 5.75 Å². The Labute approximate surface area is 170 Å². The van der Waals surface area contributed by atoms with E-state index in [2.05, 4.69) is 26.6 Å². The van der Waals surface area contributed by atoms with Crippen LogP contribution in [0, 0.1) is 0 Å². The summed E-state index contributed by atoms with van der Waals surface area (Å²) in [6, 6.07) is 10.3. The van der Waals surface area contributed by atoms with Crippen molar-refractivity contribution in [3.8, 4) is 5.75 Å². The molecule has 132 valence electrons. The smallest absolute Gasteiger partial charge is 0.261 e. The van der Waals surface area contributed by atoms with Gasteiger partial charge in [0, 0.05) is 4.47 Å². The maximum absolute atomic E-state index is 12.5. The number of anilines is 1. The predicted octanol–water partition coefficient (Wildman–Crippen LogP) is 5.67. The van der Waals surface area contributed by atoms with E-state index >= 15 is 0 Å². The molecule has 0 unspecified atom stereocenters. The number of amides is 1. The lowest BCUT2D eigenvalue weighted by molar-refractivity contribution is 0.0973. The van der Waals surface area contributed by atoms with Crippen LogP contribution in [0.25, 0.3) is 0 Å². The molecule has 0 aromatic heterocycles. The van der Waals surface area contributed by atoms with E-state index in [9.17, 15) is 4.79 Å². The van der Waals surface area contributed by atoms with Gasteiger partial charge < -0.3 is 10.1 Å². The molecule has 0 fully saturated rings. The Hall–Kier alpha value is -1.34. The molecule has 0 atom stereocenters. The van der Waals surface area contributed by atoms with Crippen LogP contribution < -0.4 is 15.4 Å². The van der Waals surface area contributed by atoms with E-state index in [1.165, 1.54) is 0 Å². The van der Waals surface area contributed by atoms with Crippen LogP contribution in [0.2, 0.25) is 10.0 Å². The van der Waals surface area contributed by atoms with Crippen molar-refractivity contribution >= 4 is 68.1 Å². The maximum atomic E-state index is 12.5. The molecule has 2 N–H and O–H groups in total. The van der Waals surface area contributed by atoms with Crippen molar-refractivity contribution in [2.75, 3.05) is 11.9 Å². The minimum absolute atomic E-state index is 0.107. The van der Waals surface area contributed by atoms with Gasteiger partial charge in [0.25, 0.3) is 5.91 Å². The van der Waals surface area contributed by atoms with Gasteiger partial charge in [-0.2, -0.15) is 0 Å². The zero-order valence-electron chi connectivity index (χ0n) is 13.2. The van der Waals surface area contributed by atoms with Crippen LogP contribution >= 0.6 is 51.3 Å². The fourth-order valence-corrected chi connectivity index (χ4v) is 2.85. The van der Waals surface area contributed by atoms with E-state index in [4.69, 9.17) is 40.2 Å². The molecule has 0 heterocycles. The number of benzene rings is 2. The average Bonchev–Trinajstić information content (AvgIpc) is 2.57. The average molecular weight is 462 g/mol. The zero-order chi connectivity index (χ0) is 18.4. The van der Waals surface area contributed by atoms with Gasteiger partial charge in [-0.25, -0.2) is 0 Å². The van der Waals surface area contributed by atoms with Crippen molar-refractivity contribution in [3.05, 3.63) is 56.5 Å². The number of halogens is 3. The monoisotopic (exact) mass is 460 g/mol. The molecule has 0 radical (unpaired) electrons. The van der Waals surface area contributed by atoms with Crippen LogP contribution in [-0.2, 0) is 0 Å². The Morgan fingerprint density at radius 2 is 2.04 bits per heavy atom. The van der Waals surface area contributed by atoms with Gasteiger partial charge >= 0.3 is 0 Å². The second kappa shape index (κ2) is 9.38. The second-order valence-electron chi connectivity index (χ2n) is 5.00. The summed E-state index contributed by atoms with van der Waals surface area (Å²) in [4.78, 5) is 12.5. The molecule has 2 rings (SSSR count). The normalized spacial score (nSPS) is 10.2. The van der Waals surface area contributed by atoms with Gasteiger partial charge in [0.05, 0.1) is 27.9 Å². The Balaban J connectivity index is 2.12. The molecule has 0 saturated carbocycles. The van der Waals surface area contributed by atoms with E-state index in [0.29, 0.717) is 33.7 Å². The molecule has 8 heteroatoms. The molecule has 4 nitrogen and oxygen atoms in total. The number of hydrogen-bond donors (Lipinski definition) is 2. The molecule has 2 aromatic rings. The molecule has 1 amide bonds. The molecule has 0 aliphatic rings. The summed E-state index contributed by atoms with van der Waals surface area (Å²) in [6.07, 6.45) is 0.838. The summed E-state index contributed by atoms with van der Waals surface area (Å²) in [5.74, 6) is 0.106. The van der Waals surface area contributed by atoms with Gasteiger partial charge in [-0.1, -0.05) is 52.1 Å². The van der Waals surface area contributed by atoms with Crippen LogP contribution in [0.1, 0.15) is 23.7 Å². The molecule has 25 heavy (non-hydrogen) atoms. The molecular weight excluding hydrogens is 447 g/mol. The molecular formula is C17H15BrCl2N2O2S. The number of nitrogens with one attached hydrogen (secondary N) is 2. The van der Waals surface area contributed by atoms with Gasteiger partial charge in [0.2, 0.25) is 0 Å². The zero-order valence-corrected chi connectivity index (χ0v) is 17.2. The number of ether oxygens (including phenoxy) is 1. The summed E-state index contributed by atoms with van der Waals surface area (Å²) in [5.41, 5.74) is 0.889. The lowest BCUT2D eigenvalue weighted by Gasteiger charge is -2.14. The van der Waals surface area contributed by atoms with Crippen molar-refractivity contribution in [2.24, 2.45) is 0 Å². The minimum Gasteiger partial charge on any atom is -0.493 e. The van der Waals surface area contributed by atoms with Crippen LogP contribution in [0.3, 0.4) is 0 Å². The number of thiocarbonyl (C=S) groups is 1. The van der Waals surface area contributed by atoms with E-state index in [-0.39, 0.29) is 11.0 Å². The van der Waals surface area contributed by atoms with Crippen molar-refractivity contribution in [3.63, 3.8) is 0 Å². The fourth-order valence-electron chi connectivity index (χ4n) is 1.94. The highest BCUT2D eigenvalue weighted by molar-refractivity contribution is 9.10. The summed E-state index contributed by atoms with van der Waals surface area (Å²) in [7, 11) is 0. The maximum Gasteiger partial charge on any atom is 0.261 e. The van der Waals surface area contributed by atoms with Gasteiger partial charge in [-0.05, 0) is 49.0 Å². The molecule has 0 saturated heterocycles. The topological polar surface area (TPSA) is 50.4 Å². The van der Waals surface area contributed by atoms with E-state index < -0.39 is 0 Å². The van der Waals surface area contributed by atoms with Crippen molar-refractivity contribution < 1.29 is 9.53 Å². The van der Waals surface area contributed by atoms with Gasteiger partial charge in [-0.15, -0.1) is 0 Å². The standard InChI is InChI=1S/C17H15BrCl2N2O2S/c1-2-8-24-14-7-6-10(18)9-11(14)16(23)22-17(25)21-13-5-3-4-12(19)15(13)20/h3-7,9H,2,8H2,1H3,(H2,21,22,23,25). The Kier molecular flexibility index (Phi) is 7.50. The summed E-state index contributed by atoms with van der Waals surface area (Å²) >= 11 is 20.6. The fraction of sp³-hybridized carbons (Fsp3) is 0.176. The predicted molar refractivity (Wildman–Crippen MR) is 110 cm³/mol. The quantitative estimate of drug-likeness (QED) is 0.563. The van der Waals surface area contributed by atoms with E-state index in [1.54, 1.807) is 30.3 Å². The van der Waals surface area contributed by atoms with Gasteiger partial charge in [0.1, 0.15) is 5.75 Å². The molecule has 0 bridgehead atoms. The van der Waals surface area contributed by atoms with Crippen LogP contribution in [0.4, 0.5) is 5.69 Å². The summed E-state index contributed by atoms with van der Waals surface area (Å²) in [6.45, 7) is 2.51. The van der Waals surface area contributed by atoms with Crippen LogP contribution in [-0.4, -0.2) is 17.6 Å². The van der Waals surface area contributed by atoms with Crippen molar-refractivity contribution in [2.45, 2.75) is 13.3 Å². The summed E-state index contributed by atoms with van der Waals surface area (Å²) in [5, 5.41) is 6.30. The Morgan fingerprint density at radius 3 is 2.76 bits per heavy atom. The van der Waals surface area contributed by atoms with Gasteiger partial charge in [-0.3, -0.25) is 10.1 Å². The molecule has 0 spiro atoms. The lowest BCUT2D eigenvalue weighted by atomic mass is 10.2. The first kappa shape index (κ1) is 20.0. The third-order valence-corrected chi connectivity index (χ3v) is 4.59. The highest BCUT2D eigenvalue weighted by Crippen LogP contribution is 2.29. The third-order valence-electron chi connectivity index (χ3n) is 3.07. The first-order valence-electron chi connectivity index (χ1n) is 7.41. The second-order valence-corrected chi connectivity index (χ2v) is 7.11. The van der Waals surface area contributed by atoms with Crippen LogP contribution in [0.15, 0.2) is 40.9 Å². The Morgan fingerprint density at radius 1 is 1.28 bits per heavy atom. The number of rotatable bonds is 5. The largest absolute Gasteiger partial charge is 0.493 e. The Bertz CT molecular complexity index is 802. The highest BCUT2D eigenvalue weighted by Gasteiger charge is 2.15. The molecule has 2 aromatic carbocycles. The van der Waals surface area contributed by atoms with Crippen molar-refractivity contribution in [1.29, 1.82) is 0 Å². The number of hydrogen-bond acceptors (Lipinski definition) is 3. The minimum atomic E-state index is -0.386. The third kappa shape index (κ3) is 5.57. The highest BCUT2D eigenvalue weighted by atomic mass is 79.9. The summed E-state index contributed by atoms with van der Waals surface area (Å²) < 4.78 is 6.38. The van der Waals surface area contributed by atoms with E-state index in [1.807, 2.05) is 13.0 Å². The lowest BCUT2D eigenvalue weighted by Crippen LogP contribution is -2.34. The molecule has 0 aliphatic carbocycles. The SMILES string of the molecule is CCCOc1ccc(Br)cc1C(=O)NC(=S)Nc1cccc(Cl)c1Cl. The van der Waals surface area contributed by atoms with Crippen molar-refractivity contribution in [1.82, 2.24) is 5.32 Å². The number of carbonyl (C=O) groups is 1. The van der Waals surface area contributed by atoms with E-state index in [0.717, 1.165) is 10.9 Å². The van der Waals surface area contributed by atoms with Gasteiger partial charge in [0.15, 0.2) is 5.11 Å². The molecule has 0 aliphatic heterocycles. The first-order valence-corrected chi connectivity index (χ1v) is 9.36. The first-order chi connectivity index (χ1) is 11.9. The number of carbonyl (C=O) groups excluding carboxylic acids is 1.